The normalized spacial score (nSPS) is 16.1. The van der Waals surface area contributed by atoms with Crippen LogP contribution in [0.25, 0.3) is 11.0 Å². The van der Waals surface area contributed by atoms with Gasteiger partial charge in [-0.15, -0.1) is 0 Å². The van der Waals surface area contributed by atoms with Crippen LogP contribution in [0.3, 0.4) is 0 Å². The zero-order chi connectivity index (χ0) is 20.2. The summed E-state index contributed by atoms with van der Waals surface area (Å²) in [4.78, 5) is 25.3. The van der Waals surface area contributed by atoms with Crippen molar-refractivity contribution in [3.05, 3.63) is 59.4 Å². The van der Waals surface area contributed by atoms with E-state index in [2.05, 4.69) is 39.2 Å². The Morgan fingerprint density at radius 2 is 1.86 bits per heavy atom. The summed E-state index contributed by atoms with van der Waals surface area (Å²) in [6, 6.07) is 14.2. The zero-order valence-corrected chi connectivity index (χ0v) is 17.2. The van der Waals surface area contributed by atoms with Crippen molar-refractivity contribution in [2.75, 3.05) is 38.0 Å². The van der Waals surface area contributed by atoms with Crippen LogP contribution >= 0.6 is 0 Å². The summed E-state index contributed by atoms with van der Waals surface area (Å²) in [5, 5.41) is 3.06. The highest BCUT2D eigenvalue weighted by Crippen LogP contribution is 2.16. The van der Waals surface area contributed by atoms with Crippen LogP contribution in [0.1, 0.15) is 23.4 Å². The molecular formula is C23H29N5O. The van der Waals surface area contributed by atoms with Crippen molar-refractivity contribution in [3.63, 3.8) is 0 Å². The largest absolute Gasteiger partial charge is 0.341 e. The molecule has 1 saturated heterocycles. The van der Waals surface area contributed by atoms with Gasteiger partial charge in [0.2, 0.25) is 5.91 Å². The Labute approximate surface area is 171 Å². The van der Waals surface area contributed by atoms with E-state index < -0.39 is 0 Å². The number of carbonyl (C=O) groups excluding carboxylic acids is 1. The van der Waals surface area contributed by atoms with Crippen LogP contribution in [0, 0.1) is 13.8 Å². The summed E-state index contributed by atoms with van der Waals surface area (Å²) >= 11 is 0. The van der Waals surface area contributed by atoms with E-state index in [0.29, 0.717) is 6.54 Å². The molecule has 0 atom stereocenters. The second kappa shape index (κ2) is 8.76. The SMILES string of the molecule is Cc1ccc(NC(=O)CN2CCCN(Cc3nc4ccccc4[nH]3)CC2)c(C)c1. The molecule has 1 amide bonds. The lowest BCUT2D eigenvalue weighted by molar-refractivity contribution is -0.117. The number of nitrogens with zero attached hydrogens (tertiary/aromatic N) is 3. The van der Waals surface area contributed by atoms with Gasteiger partial charge < -0.3 is 10.3 Å². The number of para-hydroxylation sites is 2. The van der Waals surface area contributed by atoms with Gasteiger partial charge in [0, 0.05) is 18.8 Å². The molecule has 1 aliphatic rings. The average Bonchev–Trinajstić information content (AvgIpc) is 2.97. The van der Waals surface area contributed by atoms with Crippen molar-refractivity contribution in [1.82, 2.24) is 19.8 Å². The number of hydrogen-bond donors (Lipinski definition) is 2. The number of aryl methyl sites for hydroxylation is 2. The Balaban J connectivity index is 1.29. The number of hydrogen-bond acceptors (Lipinski definition) is 4. The molecule has 1 fully saturated rings. The highest BCUT2D eigenvalue weighted by molar-refractivity contribution is 5.93. The van der Waals surface area contributed by atoms with E-state index in [1.807, 2.05) is 37.3 Å². The number of rotatable bonds is 5. The molecule has 1 aromatic heterocycles. The van der Waals surface area contributed by atoms with Crippen LogP contribution in [-0.4, -0.2) is 58.4 Å². The number of aromatic nitrogens is 2. The van der Waals surface area contributed by atoms with Gasteiger partial charge in [-0.25, -0.2) is 4.98 Å². The first-order valence-corrected chi connectivity index (χ1v) is 10.3. The number of aromatic amines is 1. The van der Waals surface area contributed by atoms with Gasteiger partial charge in [0.15, 0.2) is 0 Å². The van der Waals surface area contributed by atoms with Crippen molar-refractivity contribution >= 4 is 22.6 Å². The molecule has 6 nitrogen and oxygen atoms in total. The van der Waals surface area contributed by atoms with Crippen molar-refractivity contribution < 1.29 is 4.79 Å². The minimum atomic E-state index is 0.0580. The minimum Gasteiger partial charge on any atom is -0.341 e. The van der Waals surface area contributed by atoms with Gasteiger partial charge in [-0.05, 0) is 57.1 Å². The van der Waals surface area contributed by atoms with Gasteiger partial charge in [0.1, 0.15) is 5.82 Å². The van der Waals surface area contributed by atoms with E-state index in [4.69, 9.17) is 4.98 Å². The molecule has 0 spiro atoms. The van der Waals surface area contributed by atoms with Crippen LogP contribution in [0.5, 0.6) is 0 Å². The lowest BCUT2D eigenvalue weighted by Gasteiger charge is -2.21. The van der Waals surface area contributed by atoms with Gasteiger partial charge in [-0.2, -0.15) is 0 Å². The molecule has 0 unspecified atom stereocenters. The minimum absolute atomic E-state index is 0.0580. The summed E-state index contributed by atoms with van der Waals surface area (Å²) in [6.45, 7) is 9.14. The lowest BCUT2D eigenvalue weighted by atomic mass is 10.1. The Morgan fingerprint density at radius 1 is 1.07 bits per heavy atom. The number of amides is 1. The molecule has 152 valence electrons. The van der Waals surface area contributed by atoms with Crippen LogP contribution in [0.15, 0.2) is 42.5 Å². The second-order valence-electron chi connectivity index (χ2n) is 7.97. The first-order chi connectivity index (χ1) is 14.1. The van der Waals surface area contributed by atoms with E-state index in [9.17, 15) is 4.79 Å². The van der Waals surface area contributed by atoms with E-state index in [1.165, 1.54) is 5.56 Å². The molecule has 4 rings (SSSR count). The van der Waals surface area contributed by atoms with E-state index >= 15 is 0 Å². The summed E-state index contributed by atoms with van der Waals surface area (Å²) in [5.74, 6) is 1.06. The molecule has 0 saturated carbocycles. The summed E-state index contributed by atoms with van der Waals surface area (Å²) in [5.41, 5.74) is 5.31. The number of fused-ring (bicyclic) bond motifs is 1. The molecule has 0 aliphatic carbocycles. The molecule has 0 radical (unpaired) electrons. The number of nitrogens with one attached hydrogen (secondary N) is 2. The Hall–Kier alpha value is -2.70. The predicted molar refractivity (Wildman–Crippen MR) is 117 cm³/mol. The van der Waals surface area contributed by atoms with Crippen molar-refractivity contribution in [3.8, 4) is 0 Å². The molecule has 0 bridgehead atoms. The number of H-pyrrole nitrogens is 1. The monoisotopic (exact) mass is 391 g/mol. The molecule has 1 aliphatic heterocycles. The second-order valence-corrected chi connectivity index (χ2v) is 7.97. The Bertz CT molecular complexity index is 963. The summed E-state index contributed by atoms with van der Waals surface area (Å²) in [6.07, 6.45) is 1.05. The van der Waals surface area contributed by atoms with Gasteiger partial charge >= 0.3 is 0 Å². The van der Waals surface area contributed by atoms with E-state index in [0.717, 1.165) is 67.3 Å². The maximum Gasteiger partial charge on any atom is 0.238 e. The van der Waals surface area contributed by atoms with Crippen molar-refractivity contribution in [2.24, 2.45) is 0 Å². The fraction of sp³-hybridized carbons (Fsp3) is 0.391. The fourth-order valence-electron chi connectivity index (χ4n) is 3.98. The third-order valence-corrected chi connectivity index (χ3v) is 5.52. The van der Waals surface area contributed by atoms with E-state index in [-0.39, 0.29) is 5.91 Å². The molecule has 2 heterocycles. The van der Waals surface area contributed by atoms with Gasteiger partial charge in [0.25, 0.3) is 0 Å². The highest BCUT2D eigenvalue weighted by atomic mass is 16.2. The third-order valence-electron chi connectivity index (χ3n) is 5.52. The Morgan fingerprint density at radius 3 is 2.69 bits per heavy atom. The van der Waals surface area contributed by atoms with Crippen LogP contribution < -0.4 is 5.32 Å². The number of carbonyl (C=O) groups is 1. The quantitative estimate of drug-likeness (QED) is 0.700. The number of benzene rings is 2. The summed E-state index contributed by atoms with van der Waals surface area (Å²) < 4.78 is 0. The molecule has 3 aromatic rings. The topological polar surface area (TPSA) is 64.3 Å². The van der Waals surface area contributed by atoms with Crippen LogP contribution in [-0.2, 0) is 11.3 Å². The highest BCUT2D eigenvalue weighted by Gasteiger charge is 2.18. The zero-order valence-electron chi connectivity index (χ0n) is 17.2. The molecule has 2 N–H and O–H groups in total. The fourth-order valence-corrected chi connectivity index (χ4v) is 3.98. The predicted octanol–water partition coefficient (Wildman–Crippen LogP) is 3.33. The average molecular weight is 392 g/mol. The van der Waals surface area contributed by atoms with Gasteiger partial charge in [-0.3, -0.25) is 14.6 Å². The van der Waals surface area contributed by atoms with Gasteiger partial charge in [0.05, 0.1) is 24.1 Å². The smallest absolute Gasteiger partial charge is 0.238 e. The first kappa shape index (κ1) is 19.6. The molecular weight excluding hydrogens is 362 g/mol. The first-order valence-electron chi connectivity index (χ1n) is 10.3. The third kappa shape index (κ3) is 5.02. The van der Waals surface area contributed by atoms with Crippen molar-refractivity contribution in [2.45, 2.75) is 26.8 Å². The van der Waals surface area contributed by atoms with E-state index in [1.54, 1.807) is 0 Å². The molecule has 29 heavy (non-hydrogen) atoms. The summed E-state index contributed by atoms with van der Waals surface area (Å²) in [7, 11) is 0. The Kier molecular flexibility index (Phi) is 5.92. The van der Waals surface area contributed by atoms with Gasteiger partial charge in [-0.1, -0.05) is 29.8 Å². The molecule has 2 aromatic carbocycles. The number of imidazole rings is 1. The van der Waals surface area contributed by atoms with Crippen LogP contribution in [0.4, 0.5) is 5.69 Å². The maximum absolute atomic E-state index is 12.5. The lowest BCUT2D eigenvalue weighted by Crippen LogP contribution is -2.36. The van der Waals surface area contributed by atoms with Crippen LogP contribution in [0.2, 0.25) is 0 Å². The number of anilines is 1. The molecule has 6 heteroatoms. The van der Waals surface area contributed by atoms with Crippen molar-refractivity contribution in [1.29, 1.82) is 0 Å². The maximum atomic E-state index is 12.5. The standard InChI is InChI=1S/C23H29N5O/c1-17-8-9-19(18(2)14-17)26-23(29)16-28-11-5-10-27(12-13-28)15-22-24-20-6-3-4-7-21(20)25-22/h3-4,6-9,14H,5,10-13,15-16H2,1-2H3,(H,24,25)(H,26,29).